The molecule has 1 unspecified atom stereocenters. The van der Waals surface area contributed by atoms with Crippen molar-refractivity contribution in [2.75, 3.05) is 46.1 Å². The fraction of sp³-hybridized carbons (Fsp3) is 0.667. The van der Waals surface area contributed by atoms with Crippen molar-refractivity contribution in [3.05, 3.63) is 23.8 Å². The lowest BCUT2D eigenvalue weighted by atomic mass is 9.97. The van der Waals surface area contributed by atoms with Crippen LogP contribution in [0.5, 0.6) is 5.75 Å². The molecule has 0 radical (unpaired) electrons. The second kappa shape index (κ2) is 10.5. The zero-order chi connectivity index (χ0) is 23.4. The van der Waals surface area contributed by atoms with Crippen LogP contribution in [-0.2, 0) is 20.0 Å². The molecule has 2 aliphatic heterocycles. The summed E-state index contributed by atoms with van der Waals surface area (Å²) in [4.78, 5) is 15.1. The molecule has 0 bridgehead atoms. The number of methoxy groups -OCH3 is 1. The first-order valence-corrected chi connectivity index (χ1v) is 14.4. The average molecular weight is 488 g/mol. The number of rotatable bonds is 7. The van der Waals surface area contributed by atoms with Gasteiger partial charge in [-0.15, -0.1) is 0 Å². The molecule has 9 nitrogen and oxygen atoms in total. The van der Waals surface area contributed by atoms with Gasteiger partial charge in [0.05, 0.1) is 23.8 Å². The molecule has 2 fully saturated rings. The number of hydrogen-bond acceptors (Lipinski definition) is 6. The summed E-state index contributed by atoms with van der Waals surface area (Å²) in [5, 5.41) is 0. The molecule has 32 heavy (non-hydrogen) atoms. The highest BCUT2D eigenvalue weighted by Crippen LogP contribution is 2.28. The van der Waals surface area contributed by atoms with E-state index in [4.69, 9.17) is 4.74 Å². The molecule has 1 amide bonds. The van der Waals surface area contributed by atoms with Gasteiger partial charge in [0.15, 0.2) is 0 Å². The van der Waals surface area contributed by atoms with Gasteiger partial charge < -0.3 is 9.64 Å². The van der Waals surface area contributed by atoms with Crippen LogP contribution < -0.4 is 9.46 Å². The van der Waals surface area contributed by atoms with E-state index in [1.165, 1.54) is 29.6 Å². The van der Waals surface area contributed by atoms with Crippen molar-refractivity contribution in [1.29, 1.82) is 0 Å². The van der Waals surface area contributed by atoms with Crippen molar-refractivity contribution >= 4 is 26.0 Å². The van der Waals surface area contributed by atoms with E-state index in [0.717, 1.165) is 44.8 Å². The molecule has 11 heteroatoms. The summed E-state index contributed by atoms with van der Waals surface area (Å²) < 4.78 is 58.6. The van der Waals surface area contributed by atoms with Gasteiger partial charge in [0, 0.05) is 32.7 Å². The summed E-state index contributed by atoms with van der Waals surface area (Å²) in [6.45, 7) is 2.16. The zero-order valence-corrected chi connectivity index (χ0v) is 20.4. The molecule has 1 N–H and O–H groups in total. The maximum absolute atomic E-state index is 13.3. The van der Waals surface area contributed by atoms with Gasteiger partial charge in [-0.1, -0.05) is 12.8 Å². The van der Waals surface area contributed by atoms with Crippen LogP contribution in [0.15, 0.2) is 23.1 Å². The largest absolute Gasteiger partial charge is 0.496 e. The number of ether oxygens (including phenoxy) is 1. The van der Waals surface area contributed by atoms with E-state index in [2.05, 4.69) is 4.72 Å². The number of piperidine rings is 1. The number of benzene rings is 1. The quantitative estimate of drug-likeness (QED) is 0.626. The van der Waals surface area contributed by atoms with Gasteiger partial charge in [-0.25, -0.2) is 21.6 Å². The molecule has 1 atom stereocenters. The average Bonchev–Trinajstić information content (AvgIpc) is 3.07. The fourth-order valence-corrected chi connectivity index (χ4v) is 6.38. The first-order valence-electron chi connectivity index (χ1n) is 11.0. The first kappa shape index (κ1) is 24.9. The first-order chi connectivity index (χ1) is 15.1. The Kier molecular flexibility index (Phi) is 8.18. The second-order valence-corrected chi connectivity index (χ2v) is 12.3. The van der Waals surface area contributed by atoms with E-state index < -0.39 is 20.0 Å². The van der Waals surface area contributed by atoms with Crippen LogP contribution in [-0.4, -0.2) is 78.0 Å². The van der Waals surface area contributed by atoms with E-state index in [9.17, 15) is 21.6 Å². The van der Waals surface area contributed by atoms with Crippen molar-refractivity contribution in [2.24, 2.45) is 5.92 Å². The molecule has 2 heterocycles. The number of hydrogen-bond donors (Lipinski definition) is 1. The standard InChI is InChI=1S/C21H33N3O6S2/c1-30-20-10-9-18(32(28,29)24-12-5-3-4-6-13-24)14-19(20)21(25)23-11-7-8-17(16-23)15-22-31(2,26)27/h9-10,14,17,22H,3-8,11-13,15-16H2,1-2H3. The SMILES string of the molecule is COc1ccc(S(=O)(=O)N2CCCCCC2)cc1C(=O)N1CCCC(CNS(C)(=O)=O)C1. The molecular weight excluding hydrogens is 454 g/mol. The summed E-state index contributed by atoms with van der Waals surface area (Å²) in [6, 6.07) is 4.44. The van der Waals surface area contributed by atoms with Crippen LogP contribution in [0.3, 0.4) is 0 Å². The Morgan fingerprint density at radius 2 is 1.75 bits per heavy atom. The van der Waals surface area contributed by atoms with E-state index in [-0.39, 0.29) is 28.8 Å². The molecule has 2 saturated heterocycles. The lowest BCUT2D eigenvalue weighted by molar-refractivity contribution is 0.0672. The highest BCUT2D eigenvalue weighted by atomic mass is 32.2. The molecule has 2 aliphatic rings. The van der Waals surface area contributed by atoms with Crippen LogP contribution in [0.4, 0.5) is 0 Å². The Balaban J connectivity index is 1.82. The number of likely N-dealkylation sites (tertiary alicyclic amines) is 1. The smallest absolute Gasteiger partial charge is 0.257 e. The number of nitrogens with one attached hydrogen (secondary N) is 1. The van der Waals surface area contributed by atoms with Gasteiger partial charge in [-0.3, -0.25) is 4.79 Å². The number of nitrogens with zero attached hydrogens (tertiary/aromatic N) is 2. The predicted octanol–water partition coefficient (Wildman–Crippen LogP) is 1.66. The van der Waals surface area contributed by atoms with Gasteiger partial charge >= 0.3 is 0 Å². The summed E-state index contributed by atoms with van der Waals surface area (Å²) in [5.74, 6) is 0.0115. The normalized spacial score (nSPS) is 21.2. The van der Waals surface area contributed by atoms with E-state index >= 15 is 0 Å². The van der Waals surface area contributed by atoms with Crippen LogP contribution >= 0.6 is 0 Å². The van der Waals surface area contributed by atoms with Gasteiger partial charge in [0.25, 0.3) is 5.91 Å². The number of amides is 1. The Hall–Kier alpha value is -1.69. The minimum absolute atomic E-state index is 0.00237. The lowest BCUT2D eigenvalue weighted by Crippen LogP contribution is -2.43. The molecule has 1 aromatic carbocycles. The van der Waals surface area contributed by atoms with E-state index in [1.54, 1.807) is 4.90 Å². The third-order valence-electron chi connectivity index (χ3n) is 6.04. The third-order valence-corrected chi connectivity index (χ3v) is 8.63. The van der Waals surface area contributed by atoms with Gasteiger partial charge in [0.1, 0.15) is 5.75 Å². The van der Waals surface area contributed by atoms with Crippen molar-refractivity contribution in [3.63, 3.8) is 0 Å². The Labute approximate surface area is 191 Å². The summed E-state index contributed by atoms with van der Waals surface area (Å²) in [5.41, 5.74) is 0.208. The predicted molar refractivity (Wildman–Crippen MR) is 122 cm³/mol. The molecule has 1 aromatic rings. The van der Waals surface area contributed by atoms with Gasteiger partial charge in [0.2, 0.25) is 20.0 Å². The molecule has 0 aromatic heterocycles. The third kappa shape index (κ3) is 6.21. The topological polar surface area (TPSA) is 113 Å². The van der Waals surface area contributed by atoms with Crippen LogP contribution in [0.1, 0.15) is 48.9 Å². The highest BCUT2D eigenvalue weighted by molar-refractivity contribution is 7.89. The number of carbonyl (C=O) groups excluding carboxylic acids is 1. The van der Waals surface area contributed by atoms with Crippen molar-refractivity contribution < 1.29 is 26.4 Å². The maximum atomic E-state index is 13.3. The summed E-state index contributed by atoms with van der Waals surface area (Å²) in [6.07, 6.45) is 6.36. The van der Waals surface area contributed by atoms with Crippen LogP contribution in [0.2, 0.25) is 0 Å². The van der Waals surface area contributed by atoms with Crippen molar-refractivity contribution in [2.45, 2.75) is 43.4 Å². The Morgan fingerprint density at radius 1 is 1.06 bits per heavy atom. The van der Waals surface area contributed by atoms with Crippen molar-refractivity contribution in [3.8, 4) is 5.75 Å². The van der Waals surface area contributed by atoms with Crippen molar-refractivity contribution in [1.82, 2.24) is 13.9 Å². The second-order valence-electron chi connectivity index (χ2n) is 8.56. The minimum atomic E-state index is -3.70. The van der Waals surface area contributed by atoms with Gasteiger partial charge in [-0.05, 0) is 49.8 Å². The van der Waals surface area contributed by atoms with Gasteiger partial charge in [-0.2, -0.15) is 4.31 Å². The lowest BCUT2D eigenvalue weighted by Gasteiger charge is -2.33. The molecule has 3 rings (SSSR count). The number of sulfonamides is 2. The maximum Gasteiger partial charge on any atom is 0.257 e. The summed E-state index contributed by atoms with van der Waals surface area (Å²) >= 11 is 0. The fourth-order valence-electron chi connectivity index (χ4n) is 4.30. The molecule has 0 saturated carbocycles. The zero-order valence-electron chi connectivity index (χ0n) is 18.7. The highest BCUT2D eigenvalue weighted by Gasteiger charge is 2.30. The molecular formula is C21H33N3O6S2. The molecule has 0 spiro atoms. The molecule has 0 aliphatic carbocycles. The number of carbonyl (C=O) groups is 1. The van der Waals surface area contributed by atoms with Crippen LogP contribution in [0, 0.1) is 5.92 Å². The van der Waals surface area contributed by atoms with E-state index in [0.29, 0.717) is 31.9 Å². The molecule has 180 valence electrons. The van der Waals surface area contributed by atoms with Crippen LogP contribution in [0.25, 0.3) is 0 Å². The Bertz CT molecular complexity index is 1020. The Morgan fingerprint density at radius 3 is 2.38 bits per heavy atom. The summed E-state index contributed by atoms with van der Waals surface area (Å²) in [7, 11) is -5.56. The monoisotopic (exact) mass is 487 g/mol. The minimum Gasteiger partial charge on any atom is -0.496 e. The van der Waals surface area contributed by atoms with E-state index in [1.807, 2.05) is 0 Å².